The van der Waals surface area contributed by atoms with Crippen LogP contribution in [0.4, 0.5) is 5.69 Å². The molecular weight excluding hydrogens is 216 g/mol. The second kappa shape index (κ2) is 5.77. The van der Waals surface area contributed by atoms with E-state index in [4.69, 9.17) is 5.73 Å². The van der Waals surface area contributed by atoms with E-state index in [1.165, 1.54) is 0 Å². The highest BCUT2D eigenvalue weighted by Gasteiger charge is 2.19. The Morgan fingerprint density at radius 1 is 1.29 bits per heavy atom. The first kappa shape index (κ1) is 13.6. The molecule has 4 nitrogen and oxygen atoms in total. The van der Waals surface area contributed by atoms with Crippen molar-refractivity contribution < 1.29 is 4.92 Å². The van der Waals surface area contributed by atoms with E-state index in [0.717, 1.165) is 24.0 Å². The highest BCUT2D eigenvalue weighted by Crippen LogP contribution is 2.28. The molecule has 0 aliphatic heterocycles. The lowest BCUT2D eigenvalue weighted by molar-refractivity contribution is -0.385. The number of nitro groups is 1. The summed E-state index contributed by atoms with van der Waals surface area (Å²) in [5.41, 5.74) is 8.05. The molecule has 1 unspecified atom stereocenters. The largest absolute Gasteiger partial charge is 0.324 e. The van der Waals surface area contributed by atoms with Crippen LogP contribution in [0.15, 0.2) is 18.2 Å². The van der Waals surface area contributed by atoms with Crippen molar-refractivity contribution in [3.63, 3.8) is 0 Å². The Hall–Kier alpha value is -1.42. The van der Waals surface area contributed by atoms with Crippen molar-refractivity contribution in [3.05, 3.63) is 39.4 Å². The van der Waals surface area contributed by atoms with Gasteiger partial charge in [-0.15, -0.1) is 0 Å². The summed E-state index contributed by atoms with van der Waals surface area (Å²) in [7, 11) is 0. The van der Waals surface area contributed by atoms with Gasteiger partial charge in [-0.3, -0.25) is 10.1 Å². The fourth-order valence-electron chi connectivity index (χ4n) is 2.16. The number of benzene rings is 1. The van der Waals surface area contributed by atoms with Crippen molar-refractivity contribution >= 4 is 5.69 Å². The van der Waals surface area contributed by atoms with Crippen LogP contribution in [0, 0.1) is 23.0 Å². The van der Waals surface area contributed by atoms with Gasteiger partial charge in [0, 0.05) is 18.2 Å². The van der Waals surface area contributed by atoms with E-state index in [-0.39, 0.29) is 16.7 Å². The summed E-state index contributed by atoms with van der Waals surface area (Å²) in [6.45, 7) is 6.05. The topological polar surface area (TPSA) is 69.2 Å². The normalized spacial score (nSPS) is 12.8. The van der Waals surface area contributed by atoms with E-state index in [1.54, 1.807) is 12.1 Å². The lowest BCUT2D eigenvalue weighted by Crippen LogP contribution is -2.20. The molecular formula is C13H20N2O2. The summed E-state index contributed by atoms with van der Waals surface area (Å²) in [6.07, 6.45) is 1.97. The Bertz CT molecular complexity index is 400. The van der Waals surface area contributed by atoms with Gasteiger partial charge in [0.05, 0.1) is 4.92 Å². The predicted octanol–water partition coefficient (Wildman–Crippen LogP) is 3.34. The zero-order valence-electron chi connectivity index (χ0n) is 10.6. The van der Waals surface area contributed by atoms with Gasteiger partial charge in [0.1, 0.15) is 0 Å². The molecule has 0 aromatic heterocycles. The van der Waals surface area contributed by atoms with Gasteiger partial charge in [-0.25, -0.2) is 0 Å². The molecule has 4 heteroatoms. The summed E-state index contributed by atoms with van der Waals surface area (Å²) in [5.74, 6) is 0.372. The standard InChI is InChI=1S/C13H20N2O2/c1-4-10(5-2)13(14)11-6-9(3)7-12(8-11)15(16)17/h6-8,10,13H,4-5,14H2,1-3H3. The molecule has 0 fully saturated rings. The van der Waals surface area contributed by atoms with E-state index < -0.39 is 0 Å². The number of non-ortho nitro benzene ring substituents is 1. The van der Waals surface area contributed by atoms with Crippen molar-refractivity contribution in [2.45, 2.75) is 39.7 Å². The van der Waals surface area contributed by atoms with Crippen LogP contribution in [-0.2, 0) is 0 Å². The predicted molar refractivity (Wildman–Crippen MR) is 68.8 cm³/mol. The fraction of sp³-hybridized carbons (Fsp3) is 0.538. The van der Waals surface area contributed by atoms with Crippen LogP contribution >= 0.6 is 0 Å². The van der Waals surface area contributed by atoms with Gasteiger partial charge in [0.2, 0.25) is 0 Å². The van der Waals surface area contributed by atoms with E-state index in [0.29, 0.717) is 5.92 Å². The summed E-state index contributed by atoms with van der Waals surface area (Å²) < 4.78 is 0. The summed E-state index contributed by atoms with van der Waals surface area (Å²) >= 11 is 0. The zero-order valence-corrected chi connectivity index (χ0v) is 10.6. The number of nitro benzene ring substituents is 1. The number of nitrogens with zero attached hydrogens (tertiary/aromatic N) is 1. The quantitative estimate of drug-likeness (QED) is 0.629. The third kappa shape index (κ3) is 3.27. The average molecular weight is 236 g/mol. The first-order chi connectivity index (χ1) is 7.99. The van der Waals surface area contributed by atoms with Gasteiger partial charge in [-0.1, -0.05) is 32.8 Å². The molecule has 1 aromatic rings. The van der Waals surface area contributed by atoms with Crippen LogP contribution in [-0.4, -0.2) is 4.92 Å². The Morgan fingerprint density at radius 3 is 2.35 bits per heavy atom. The van der Waals surface area contributed by atoms with Crippen LogP contribution in [0.2, 0.25) is 0 Å². The lowest BCUT2D eigenvalue weighted by Gasteiger charge is -2.21. The molecule has 0 radical (unpaired) electrons. The molecule has 0 saturated carbocycles. The van der Waals surface area contributed by atoms with Gasteiger partial charge in [-0.2, -0.15) is 0 Å². The highest BCUT2D eigenvalue weighted by molar-refractivity contribution is 5.40. The monoisotopic (exact) mass is 236 g/mol. The lowest BCUT2D eigenvalue weighted by atomic mass is 9.89. The van der Waals surface area contributed by atoms with E-state index in [1.807, 2.05) is 13.0 Å². The Kier molecular flexibility index (Phi) is 4.63. The van der Waals surface area contributed by atoms with Crippen molar-refractivity contribution in [2.75, 3.05) is 0 Å². The van der Waals surface area contributed by atoms with Crippen molar-refractivity contribution in [1.82, 2.24) is 0 Å². The molecule has 1 rings (SSSR count). The molecule has 2 N–H and O–H groups in total. The molecule has 0 bridgehead atoms. The molecule has 0 aliphatic carbocycles. The van der Waals surface area contributed by atoms with Gasteiger partial charge < -0.3 is 5.73 Å². The molecule has 17 heavy (non-hydrogen) atoms. The zero-order chi connectivity index (χ0) is 13.0. The third-order valence-corrected chi connectivity index (χ3v) is 3.24. The van der Waals surface area contributed by atoms with Crippen LogP contribution in [0.5, 0.6) is 0 Å². The van der Waals surface area contributed by atoms with Crippen molar-refractivity contribution in [3.8, 4) is 0 Å². The minimum Gasteiger partial charge on any atom is -0.324 e. The Balaban J connectivity index is 3.08. The van der Waals surface area contributed by atoms with Gasteiger partial charge >= 0.3 is 0 Å². The van der Waals surface area contributed by atoms with E-state index in [2.05, 4.69) is 13.8 Å². The smallest absolute Gasteiger partial charge is 0.270 e. The van der Waals surface area contributed by atoms with Crippen LogP contribution < -0.4 is 5.73 Å². The van der Waals surface area contributed by atoms with Crippen LogP contribution in [0.25, 0.3) is 0 Å². The minimum atomic E-state index is -0.365. The first-order valence-electron chi connectivity index (χ1n) is 6.01. The molecule has 0 aliphatic rings. The van der Waals surface area contributed by atoms with Gasteiger partial charge in [-0.05, 0) is 24.0 Å². The molecule has 0 spiro atoms. The second-order valence-electron chi connectivity index (χ2n) is 4.46. The molecule has 0 heterocycles. The summed E-state index contributed by atoms with van der Waals surface area (Å²) in [4.78, 5) is 10.4. The van der Waals surface area contributed by atoms with Crippen LogP contribution in [0.1, 0.15) is 43.9 Å². The number of rotatable bonds is 5. The number of hydrogen-bond acceptors (Lipinski definition) is 3. The molecule has 0 amide bonds. The molecule has 94 valence electrons. The first-order valence-corrected chi connectivity index (χ1v) is 6.01. The molecule has 1 aromatic carbocycles. The van der Waals surface area contributed by atoms with Gasteiger partial charge in [0.25, 0.3) is 5.69 Å². The van der Waals surface area contributed by atoms with Crippen molar-refractivity contribution in [1.29, 1.82) is 0 Å². The fourth-order valence-corrected chi connectivity index (χ4v) is 2.16. The maximum atomic E-state index is 10.8. The van der Waals surface area contributed by atoms with Gasteiger partial charge in [0.15, 0.2) is 0 Å². The maximum Gasteiger partial charge on any atom is 0.270 e. The number of hydrogen-bond donors (Lipinski definition) is 1. The third-order valence-electron chi connectivity index (χ3n) is 3.24. The maximum absolute atomic E-state index is 10.8. The molecule has 0 saturated heterocycles. The SMILES string of the molecule is CCC(CC)C(N)c1cc(C)cc([N+](=O)[O-])c1. The Morgan fingerprint density at radius 2 is 1.88 bits per heavy atom. The minimum absolute atomic E-state index is 0.122. The average Bonchev–Trinajstić information content (AvgIpc) is 2.29. The van der Waals surface area contributed by atoms with Crippen LogP contribution in [0.3, 0.4) is 0 Å². The van der Waals surface area contributed by atoms with E-state index in [9.17, 15) is 10.1 Å². The summed E-state index contributed by atoms with van der Waals surface area (Å²) in [6, 6.07) is 4.98. The summed E-state index contributed by atoms with van der Waals surface area (Å²) in [5, 5.41) is 10.8. The van der Waals surface area contributed by atoms with E-state index >= 15 is 0 Å². The van der Waals surface area contributed by atoms with Crippen molar-refractivity contribution in [2.24, 2.45) is 11.7 Å². The molecule has 1 atom stereocenters. The highest BCUT2D eigenvalue weighted by atomic mass is 16.6. The number of nitrogens with two attached hydrogens (primary N) is 1. The second-order valence-corrected chi connectivity index (χ2v) is 4.46. The number of aryl methyl sites for hydroxylation is 1. The Labute approximate surface area is 102 Å².